The minimum atomic E-state index is 0.804. The Hall–Kier alpha value is -0.300. The number of allylic oxidation sites excluding steroid dienone is 1. The van der Waals surface area contributed by atoms with Gasteiger partial charge in [0.25, 0.3) is 0 Å². The standard InChI is InChI=1S/C15H25N/c1-10-6-11(2)8-13(7-10)16-15-9-12-4-3-5-14(12)15/h3,5,10-16H,4,6-9H2,1-2H3. The molecule has 1 nitrogen and oxygen atoms in total. The Morgan fingerprint density at radius 3 is 2.44 bits per heavy atom. The van der Waals surface area contributed by atoms with Crippen LogP contribution in [0, 0.1) is 23.7 Å². The lowest BCUT2D eigenvalue weighted by Gasteiger charge is -2.44. The van der Waals surface area contributed by atoms with Crippen molar-refractivity contribution in [2.45, 2.75) is 58.0 Å². The fourth-order valence-corrected chi connectivity index (χ4v) is 4.29. The summed E-state index contributed by atoms with van der Waals surface area (Å²) < 4.78 is 0. The van der Waals surface area contributed by atoms with Crippen molar-refractivity contribution in [3.63, 3.8) is 0 Å². The van der Waals surface area contributed by atoms with Crippen LogP contribution in [0.25, 0.3) is 0 Å². The summed E-state index contributed by atoms with van der Waals surface area (Å²) >= 11 is 0. The van der Waals surface area contributed by atoms with Crippen LogP contribution in [0.1, 0.15) is 46.0 Å². The van der Waals surface area contributed by atoms with Crippen molar-refractivity contribution in [2.75, 3.05) is 0 Å². The third-order valence-electron chi connectivity index (χ3n) is 4.99. The lowest BCUT2D eigenvalue weighted by atomic mass is 9.70. The van der Waals surface area contributed by atoms with E-state index < -0.39 is 0 Å². The first-order valence-corrected chi connectivity index (χ1v) is 7.15. The third-order valence-corrected chi connectivity index (χ3v) is 4.99. The van der Waals surface area contributed by atoms with Gasteiger partial charge in [0.1, 0.15) is 0 Å². The molecule has 0 radical (unpaired) electrons. The third kappa shape index (κ3) is 1.95. The molecule has 0 aromatic rings. The molecular weight excluding hydrogens is 194 g/mol. The molecule has 0 heterocycles. The van der Waals surface area contributed by atoms with Crippen molar-refractivity contribution < 1.29 is 0 Å². The van der Waals surface area contributed by atoms with Gasteiger partial charge >= 0.3 is 0 Å². The summed E-state index contributed by atoms with van der Waals surface area (Å²) in [6.45, 7) is 4.84. The second-order valence-electron chi connectivity index (χ2n) is 6.62. The maximum absolute atomic E-state index is 3.94. The van der Waals surface area contributed by atoms with Crippen molar-refractivity contribution in [3.8, 4) is 0 Å². The van der Waals surface area contributed by atoms with Gasteiger partial charge in [0.2, 0.25) is 0 Å². The zero-order valence-electron chi connectivity index (χ0n) is 10.7. The van der Waals surface area contributed by atoms with Crippen LogP contribution in [-0.4, -0.2) is 12.1 Å². The number of hydrogen-bond acceptors (Lipinski definition) is 1. The molecule has 3 rings (SSSR count). The fourth-order valence-electron chi connectivity index (χ4n) is 4.29. The predicted molar refractivity (Wildman–Crippen MR) is 68.2 cm³/mol. The van der Waals surface area contributed by atoms with Gasteiger partial charge in [0.05, 0.1) is 0 Å². The highest BCUT2D eigenvalue weighted by atomic mass is 15.0. The molecule has 2 saturated carbocycles. The molecule has 3 aliphatic rings. The average molecular weight is 219 g/mol. The van der Waals surface area contributed by atoms with Gasteiger partial charge in [0.15, 0.2) is 0 Å². The smallest absolute Gasteiger partial charge is 0.0138 e. The van der Waals surface area contributed by atoms with Gasteiger partial charge in [-0.05, 0) is 55.8 Å². The van der Waals surface area contributed by atoms with Gasteiger partial charge in [0, 0.05) is 12.1 Å². The minimum absolute atomic E-state index is 0.804. The second kappa shape index (κ2) is 4.18. The monoisotopic (exact) mass is 219 g/mol. The van der Waals surface area contributed by atoms with Crippen molar-refractivity contribution in [3.05, 3.63) is 12.2 Å². The molecule has 0 bridgehead atoms. The van der Waals surface area contributed by atoms with E-state index in [2.05, 4.69) is 31.3 Å². The number of nitrogens with one attached hydrogen (secondary N) is 1. The molecule has 2 fully saturated rings. The summed E-state index contributed by atoms with van der Waals surface area (Å²) in [5.41, 5.74) is 0. The van der Waals surface area contributed by atoms with E-state index in [4.69, 9.17) is 0 Å². The summed E-state index contributed by atoms with van der Waals surface area (Å²) in [6.07, 6.45) is 11.9. The van der Waals surface area contributed by atoms with Crippen LogP contribution in [-0.2, 0) is 0 Å². The van der Waals surface area contributed by atoms with Crippen molar-refractivity contribution in [1.82, 2.24) is 5.32 Å². The van der Waals surface area contributed by atoms with Crippen LogP contribution >= 0.6 is 0 Å². The molecule has 1 N–H and O–H groups in total. The van der Waals surface area contributed by atoms with E-state index in [0.29, 0.717) is 0 Å². The second-order valence-corrected chi connectivity index (χ2v) is 6.62. The Kier molecular flexibility index (Phi) is 2.83. The van der Waals surface area contributed by atoms with Gasteiger partial charge in [-0.1, -0.05) is 26.0 Å². The lowest BCUT2D eigenvalue weighted by Crippen LogP contribution is -2.53. The molecule has 0 aliphatic heterocycles. The number of fused-ring (bicyclic) bond motifs is 1. The van der Waals surface area contributed by atoms with E-state index in [1.165, 1.54) is 32.1 Å². The molecule has 5 atom stereocenters. The number of hydrogen-bond donors (Lipinski definition) is 1. The zero-order valence-corrected chi connectivity index (χ0v) is 10.7. The summed E-state index contributed by atoms with van der Waals surface area (Å²) in [5, 5.41) is 3.94. The Morgan fingerprint density at radius 1 is 1.00 bits per heavy atom. The van der Waals surface area contributed by atoms with E-state index in [-0.39, 0.29) is 0 Å². The molecular formula is C15H25N. The van der Waals surface area contributed by atoms with Crippen LogP contribution < -0.4 is 5.32 Å². The van der Waals surface area contributed by atoms with E-state index in [1.54, 1.807) is 0 Å². The molecule has 3 aliphatic carbocycles. The predicted octanol–water partition coefficient (Wildman–Crippen LogP) is 3.37. The summed E-state index contributed by atoms with van der Waals surface area (Å²) in [4.78, 5) is 0. The highest BCUT2D eigenvalue weighted by Crippen LogP contribution is 2.43. The topological polar surface area (TPSA) is 12.0 Å². The Balaban J connectivity index is 1.53. The lowest BCUT2D eigenvalue weighted by molar-refractivity contribution is 0.124. The summed E-state index contributed by atoms with van der Waals surface area (Å²) in [5.74, 6) is 3.73. The van der Waals surface area contributed by atoms with Crippen LogP contribution in [0.15, 0.2) is 12.2 Å². The maximum atomic E-state index is 3.94. The molecule has 0 aromatic heterocycles. The van der Waals surface area contributed by atoms with Gasteiger partial charge in [-0.3, -0.25) is 0 Å². The first-order valence-electron chi connectivity index (χ1n) is 7.15. The SMILES string of the molecule is CC1CC(C)CC(NC2CC3CC=CC32)C1. The van der Waals surface area contributed by atoms with Crippen molar-refractivity contribution >= 4 is 0 Å². The molecule has 5 unspecified atom stereocenters. The van der Waals surface area contributed by atoms with Gasteiger partial charge in [-0.15, -0.1) is 0 Å². The molecule has 0 aromatic carbocycles. The first kappa shape index (κ1) is 10.8. The maximum Gasteiger partial charge on any atom is 0.0138 e. The Morgan fingerprint density at radius 2 is 1.75 bits per heavy atom. The van der Waals surface area contributed by atoms with Crippen LogP contribution in [0.2, 0.25) is 0 Å². The van der Waals surface area contributed by atoms with Crippen LogP contribution in [0.4, 0.5) is 0 Å². The fraction of sp³-hybridized carbons (Fsp3) is 0.867. The van der Waals surface area contributed by atoms with Crippen LogP contribution in [0.5, 0.6) is 0 Å². The molecule has 16 heavy (non-hydrogen) atoms. The Labute approximate surface area is 99.7 Å². The molecule has 1 heteroatoms. The molecule has 90 valence electrons. The Bertz CT molecular complexity index is 273. The van der Waals surface area contributed by atoms with Crippen LogP contribution in [0.3, 0.4) is 0 Å². The largest absolute Gasteiger partial charge is 0.311 e. The van der Waals surface area contributed by atoms with E-state index >= 15 is 0 Å². The highest BCUT2D eigenvalue weighted by molar-refractivity contribution is 5.13. The van der Waals surface area contributed by atoms with E-state index in [9.17, 15) is 0 Å². The van der Waals surface area contributed by atoms with Gasteiger partial charge < -0.3 is 5.32 Å². The van der Waals surface area contributed by atoms with Gasteiger partial charge in [-0.2, -0.15) is 0 Å². The summed E-state index contributed by atoms with van der Waals surface area (Å²) in [7, 11) is 0. The normalized spacial score (nSPS) is 51.1. The first-order chi connectivity index (χ1) is 7.72. The quantitative estimate of drug-likeness (QED) is 0.702. The van der Waals surface area contributed by atoms with Crippen molar-refractivity contribution in [2.24, 2.45) is 23.7 Å². The molecule has 0 amide bonds. The molecule has 0 saturated heterocycles. The average Bonchev–Trinajstić information content (AvgIpc) is 2.55. The highest BCUT2D eigenvalue weighted by Gasteiger charge is 2.42. The molecule has 0 spiro atoms. The van der Waals surface area contributed by atoms with Gasteiger partial charge in [-0.25, -0.2) is 0 Å². The number of rotatable bonds is 2. The minimum Gasteiger partial charge on any atom is -0.311 e. The summed E-state index contributed by atoms with van der Waals surface area (Å²) in [6, 6.07) is 1.62. The zero-order chi connectivity index (χ0) is 11.1. The van der Waals surface area contributed by atoms with E-state index in [0.717, 1.165) is 35.8 Å². The van der Waals surface area contributed by atoms with Crippen molar-refractivity contribution in [1.29, 1.82) is 0 Å². The van der Waals surface area contributed by atoms with E-state index in [1.807, 2.05) is 0 Å².